The van der Waals surface area contributed by atoms with E-state index in [4.69, 9.17) is 0 Å². The lowest BCUT2D eigenvalue weighted by atomic mass is 9.71. The highest BCUT2D eigenvalue weighted by molar-refractivity contribution is 6.09. The molecule has 6 heteroatoms. The molecule has 2 aliphatic rings. The molecule has 126 valence electrons. The zero-order valence-corrected chi connectivity index (χ0v) is 13.6. The molecule has 1 atom stereocenters. The molecule has 1 heterocycles. The Bertz CT molecular complexity index is 767. The van der Waals surface area contributed by atoms with Gasteiger partial charge in [-0.25, -0.2) is 4.39 Å². The maximum Gasteiger partial charge on any atom is 0.232 e. The third-order valence-electron chi connectivity index (χ3n) is 4.40. The Morgan fingerprint density at radius 3 is 2.67 bits per heavy atom. The van der Waals surface area contributed by atoms with Crippen LogP contribution in [0.2, 0.25) is 0 Å². The Balaban J connectivity index is 1.92. The largest absolute Gasteiger partial charge is 0.329 e. The van der Waals surface area contributed by atoms with Crippen molar-refractivity contribution in [3.05, 3.63) is 41.4 Å². The van der Waals surface area contributed by atoms with Crippen molar-refractivity contribution < 1.29 is 18.8 Å². The molecule has 2 amide bonds. The van der Waals surface area contributed by atoms with Crippen LogP contribution in [-0.4, -0.2) is 17.6 Å². The first kappa shape index (κ1) is 16.4. The maximum absolute atomic E-state index is 13.7. The first-order valence-electron chi connectivity index (χ1n) is 7.88. The van der Waals surface area contributed by atoms with E-state index in [1.54, 1.807) is 6.07 Å². The normalized spacial score (nSPS) is 22.7. The minimum atomic E-state index is -0.878. The van der Waals surface area contributed by atoms with E-state index in [0.29, 0.717) is 24.1 Å². The number of carbonyl (C=O) groups is 3. The lowest BCUT2D eigenvalue weighted by Crippen LogP contribution is -2.44. The number of hydrogen-bond donors (Lipinski definition) is 2. The quantitative estimate of drug-likeness (QED) is 0.875. The van der Waals surface area contributed by atoms with Crippen molar-refractivity contribution in [2.24, 2.45) is 11.3 Å². The number of allylic oxidation sites excluding steroid dienone is 1. The highest BCUT2D eigenvalue weighted by Crippen LogP contribution is 2.40. The summed E-state index contributed by atoms with van der Waals surface area (Å²) in [5.41, 5.74) is 0.677. The van der Waals surface area contributed by atoms with E-state index in [-0.39, 0.29) is 29.2 Å². The number of halogens is 1. The van der Waals surface area contributed by atoms with Crippen LogP contribution in [-0.2, 0) is 14.4 Å². The summed E-state index contributed by atoms with van der Waals surface area (Å²) < 4.78 is 13.7. The Morgan fingerprint density at radius 2 is 1.96 bits per heavy atom. The van der Waals surface area contributed by atoms with Crippen LogP contribution in [0, 0.1) is 17.2 Å². The van der Waals surface area contributed by atoms with Crippen LogP contribution in [0.15, 0.2) is 35.5 Å². The number of nitrogens with one attached hydrogen (secondary N) is 2. The first-order valence-corrected chi connectivity index (χ1v) is 7.88. The van der Waals surface area contributed by atoms with Gasteiger partial charge in [-0.1, -0.05) is 26.0 Å². The molecule has 0 spiro atoms. The Kier molecular flexibility index (Phi) is 3.99. The second kappa shape index (κ2) is 5.85. The van der Waals surface area contributed by atoms with Gasteiger partial charge in [0.25, 0.3) is 0 Å². The molecule has 24 heavy (non-hydrogen) atoms. The van der Waals surface area contributed by atoms with E-state index in [9.17, 15) is 18.8 Å². The fourth-order valence-electron chi connectivity index (χ4n) is 3.36. The fraction of sp³-hybridized carbons (Fsp3) is 0.389. The van der Waals surface area contributed by atoms with E-state index in [1.165, 1.54) is 18.2 Å². The molecule has 0 saturated carbocycles. The van der Waals surface area contributed by atoms with Crippen LogP contribution in [0.4, 0.5) is 10.1 Å². The summed E-state index contributed by atoms with van der Waals surface area (Å²) in [4.78, 5) is 37.1. The number of rotatable bonds is 2. The topological polar surface area (TPSA) is 75.3 Å². The molecule has 0 saturated heterocycles. The zero-order chi connectivity index (χ0) is 17.5. The van der Waals surface area contributed by atoms with Crippen LogP contribution in [0.25, 0.3) is 0 Å². The van der Waals surface area contributed by atoms with Gasteiger partial charge in [0.1, 0.15) is 5.82 Å². The summed E-state index contributed by atoms with van der Waals surface area (Å²) in [5, 5.41) is 5.22. The highest BCUT2D eigenvalue weighted by Gasteiger charge is 2.42. The zero-order valence-electron chi connectivity index (χ0n) is 13.6. The number of anilines is 1. The average molecular weight is 330 g/mol. The summed E-state index contributed by atoms with van der Waals surface area (Å²) >= 11 is 0. The molecule has 1 aliphatic carbocycles. The number of para-hydroxylation sites is 1. The molecule has 0 aromatic heterocycles. The lowest BCUT2D eigenvalue weighted by molar-refractivity contribution is -0.129. The lowest BCUT2D eigenvalue weighted by Gasteiger charge is -2.37. The monoisotopic (exact) mass is 330 g/mol. The third kappa shape index (κ3) is 3.09. The predicted octanol–water partition coefficient (Wildman–Crippen LogP) is 2.54. The summed E-state index contributed by atoms with van der Waals surface area (Å²) in [7, 11) is 0. The van der Waals surface area contributed by atoms with Gasteiger partial charge in [0, 0.05) is 24.1 Å². The van der Waals surface area contributed by atoms with E-state index in [2.05, 4.69) is 10.6 Å². The number of amides is 2. The van der Waals surface area contributed by atoms with Gasteiger partial charge in [-0.2, -0.15) is 0 Å². The summed E-state index contributed by atoms with van der Waals surface area (Å²) in [6.45, 7) is 3.90. The smallest absolute Gasteiger partial charge is 0.232 e. The van der Waals surface area contributed by atoms with Gasteiger partial charge >= 0.3 is 0 Å². The molecule has 0 radical (unpaired) electrons. The summed E-state index contributed by atoms with van der Waals surface area (Å²) in [6.07, 6.45) is 0.750. The predicted molar refractivity (Wildman–Crippen MR) is 86.3 cm³/mol. The number of hydrogen-bond acceptors (Lipinski definition) is 3. The van der Waals surface area contributed by atoms with E-state index in [0.717, 1.165) is 0 Å². The van der Waals surface area contributed by atoms with Crippen molar-refractivity contribution in [2.45, 2.75) is 33.1 Å². The van der Waals surface area contributed by atoms with Gasteiger partial charge in [0.15, 0.2) is 5.78 Å². The first-order chi connectivity index (χ1) is 11.3. The van der Waals surface area contributed by atoms with Crippen LogP contribution in [0.5, 0.6) is 0 Å². The molecule has 0 fully saturated rings. The standard InChI is InChI=1S/C18H19FN2O3/c1-18(2)8-13-16(14(22)9-18)10(7-15(23)20-13)17(24)21-12-6-4-3-5-11(12)19/h3-6,10H,7-9H2,1-2H3,(H,20,23)(H,21,24)/t10-/m0/s1. The van der Waals surface area contributed by atoms with Gasteiger partial charge < -0.3 is 10.6 Å². The average Bonchev–Trinajstić information content (AvgIpc) is 2.46. The molecule has 3 rings (SSSR count). The van der Waals surface area contributed by atoms with E-state index in [1.807, 2.05) is 13.8 Å². The fourth-order valence-corrected chi connectivity index (χ4v) is 3.36. The Morgan fingerprint density at radius 1 is 1.25 bits per heavy atom. The van der Waals surface area contributed by atoms with Gasteiger partial charge in [-0.05, 0) is 24.0 Å². The van der Waals surface area contributed by atoms with Gasteiger partial charge in [0.2, 0.25) is 11.8 Å². The van der Waals surface area contributed by atoms with Gasteiger partial charge in [0.05, 0.1) is 11.6 Å². The summed E-state index contributed by atoms with van der Waals surface area (Å²) in [6, 6.07) is 5.80. The highest BCUT2D eigenvalue weighted by atomic mass is 19.1. The Labute approximate surface area is 139 Å². The van der Waals surface area contributed by atoms with Crippen LogP contribution in [0.1, 0.15) is 33.1 Å². The minimum Gasteiger partial charge on any atom is -0.329 e. The van der Waals surface area contributed by atoms with Crippen molar-refractivity contribution in [3.63, 3.8) is 0 Å². The second-order valence-corrected chi connectivity index (χ2v) is 7.11. The number of carbonyl (C=O) groups excluding carboxylic acids is 3. The van der Waals surface area contributed by atoms with Crippen molar-refractivity contribution in [1.29, 1.82) is 0 Å². The van der Waals surface area contributed by atoms with Crippen molar-refractivity contribution in [1.82, 2.24) is 5.32 Å². The number of Topliss-reactive ketones (excluding diaryl/α,β-unsaturated/α-hetero) is 1. The van der Waals surface area contributed by atoms with Crippen LogP contribution in [0.3, 0.4) is 0 Å². The number of benzene rings is 1. The SMILES string of the molecule is CC1(C)CC(=O)C2=C(C1)NC(=O)C[C@@H]2C(=O)Nc1ccccc1F. The van der Waals surface area contributed by atoms with Crippen molar-refractivity contribution in [3.8, 4) is 0 Å². The van der Waals surface area contributed by atoms with Crippen LogP contribution >= 0.6 is 0 Å². The molecule has 5 nitrogen and oxygen atoms in total. The van der Waals surface area contributed by atoms with Crippen LogP contribution < -0.4 is 10.6 Å². The van der Waals surface area contributed by atoms with E-state index >= 15 is 0 Å². The molecule has 0 bridgehead atoms. The molecule has 1 aliphatic heterocycles. The van der Waals surface area contributed by atoms with Gasteiger partial charge in [-0.3, -0.25) is 14.4 Å². The molecule has 1 aromatic rings. The second-order valence-electron chi connectivity index (χ2n) is 7.11. The third-order valence-corrected chi connectivity index (χ3v) is 4.40. The molecule has 2 N–H and O–H groups in total. The van der Waals surface area contributed by atoms with Crippen molar-refractivity contribution in [2.75, 3.05) is 5.32 Å². The Hall–Kier alpha value is -2.50. The summed E-state index contributed by atoms with van der Waals surface area (Å²) in [5.74, 6) is -2.40. The molecular formula is C18H19FN2O3. The van der Waals surface area contributed by atoms with E-state index < -0.39 is 17.6 Å². The number of ketones is 1. The maximum atomic E-state index is 13.7. The molecule has 0 unspecified atom stereocenters. The minimum absolute atomic E-state index is 0.0409. The molecule has 1 aromatic carbocycles. The molecular weight excluding hydrogens is 311 g/mol. The van der Waals surface area contributed by atoms with Gasteiger partial charge in [-0.15, -0.1) is 0 Å². The van der Waals surface area contributed by atoms with Crippen molar-refractivity contribution >= 4 is 23.3 Å².